The SMILES string of the molecule is Cc1noc(C)c1CCC(=O)NC(C)(C)CC(C)(C)C. The molecule has 1 heterocycles. The van der Waals surface area contributed by atoms with Crippen LogP contribution in [0.4, 0.5) is 0 Å². The number of rotatable bonds is 5. The molecule has 4 heteroatoms. The highest BCUT2D eigenvalue weighted by Gasteiger charge is 2.26. The van der Waals surface area contributed by atoms with Gasteiger partial charge >= 0.3 is 0 Å². The van der Waals surface area contributed by atoms with Crippen molar-refractivity contribution in [3.05, 3.63) is 17.0 Å². The zero-order chi connectivity index (χ0) is 15.6. The van der Waals surface area contributed by atoms with Gasteiger partial charge in [0.1, 0.15) is 5.76 Å². The molecule has 0 saturated heterocycles. The fourth-order valence-electron chi connectivity index (χ4n) is 2.91. The Bertz CT molecular complexity index is 448. The van der Waals surface area contributed by atoms with E-state index in [1.165, 1.54) is 0 Å². The van der Waals surface area contributed by atoms with Gasteiger partial charge in [0.25, 0.3) is 0 Å². The highest BCUT2D eigenvalue weighted by Crippen LogP contribution is 2.26. The lowest BCUT2D eigenvalue weighted by molar-refractivity contribution is -0.122. The van der Waals surface area contributed by atoms with Crippen molar-refractivity contribution >= 4 is 5.91 Å². The second kappa shape index (κ2) is 5.98. The molecule has 1 aromatic heterocycles. The maximum atomic E-state index is 12.1. The van der Waals surface area contributed by atoms with Gasteiger partial charge in [0.15, 0.2) is 0 Å². The van der Waals surface area contributed by atoms with Gasteiger partial charge in [0.2, 0.25) is 5.91 Å². The monoisotopic (exact) mass is 280 g/mol. The molecule has 114 valence electrons. The highest BCUT2D eigenvalue weighted by molar-refractivity contribution is 5.77. The first-order chi connectivity index (χ1) is 9.00. The Hall–Kier alpha value is -1.32. The summed E-state index contributed by atoms with van der Waals surface area (Å²) in [5, 5.41) is 7.03. The summed E-state index contributed by atoms with van der Waals surface area (Å²) in [5.41, 5.74) is 1.94. The number of nitrogens with one attached hydrogen (secondary N) is 1. The Morgan fingerprint density at radius 1 is 1.20 bits per heavy atom. The molecular formula is C16H28N2O2. The van der Waals surface area contributed by atoms with Crippen LogP contribution in [0.5, 0.6) is 0 Å². The molecule has 0 fully saturated rings. The third kappa shape index (κ3) is 5.35. The van der Waals surface area contributed by atoms with Gasteiger partial charge in [-0.3, -0.25) is 4.79 Å². The second-order valence-electron chi connectivity index (χ2n) is 7.47. The summed E-state index contributed by atoms with van der Waals surface area (Å²) in [6.07, 6.45) is 2.09. The summed E-state index contributed by atoms with van der Waals surface area (Å²) in [6, 6.07) is 0. The summed E-state index contributed by atoms with van der Waals surface area (Å²) >= 11 is 0. The van der Waals surface area contributed by atoms with Gasteiger partial charge in [-0.05, 0) is 46.0 Å². The Morgan fingerprint density at radius 3 is 2.25 bits per heavy atom. The molecule has 0 aliphatic rings. The molecule has 0 saturated carbocycles. The average Bonchev–Trinajstić information content (AvgIpc) is 2.51. The summed E-state index contributed by atoms with van der Waals surface area (Å²) in [7, 11) is 0. The molecule has 0 bridgehead atoms. The summed E-state index contributed by atoms with van der Waals surface area (Å²) in [5.74, 6) is 0.892. The van der Waals surface area contributed by atoms with E-state index in [1.807, 2.05) is 13.8 Å². The summed E-state index contributed by atoms with van der Waals surface area (Å²) in [4.78, 5) is 12.1. The molecule has 0 unspecified atom stereocenters. The van der Waals surface area contributed by atoms with Crippen molar-refractivity contribution in [1.29, 1.82) is 0 Å². The van der Waals surface area contributed by atoms with Crippen LogP contribution < -0.4 is 5.32 Å². The van der Waals surface area contributed by atoms with Crippen LogP contribution in [0.15, 0.2) is 4.52 Å². The lowest BCUT2D eigenvalue weighted by Gasteiger charge is -2.33. The number of aryl methyl sites for hydroxylation is 2. The van der Waals surface area contributed by atoms with Gasteiger partial charge in [-0.15, -0.1) is 0 Å². The van der Waals surface area contributed by atoms with E-state index in [0.717, 1.165) is 23.4 Å². The smallest absolute Gasteiger partial charge is 0.220 e. The number of hydrogen-bond acceptors (Lipinski definition) is 3. The van der Waals surface area contributed by atoms with Crippen molar-refractivity contribution in [3.63, 3.8) is 0 Å². The molecule has 1 N–H and O–H groups in total. The van der Waals surface area contributed by atoms with Gasteiger partial charge in [-0.2, -0.15) is 0 Å². The molecule has 0 atom stereocenters. The number of carbonyl (C=O) groups excluding carboxylic acids is 1. The minimum atomic E-state index is -0.186. The lowest BCUT2D eigenvalue weighted by Crippen LogP contribution is -2.45. The van der Waals surface area contributed by atoms with E-state index < -0.39 is 0 Å². The minimum absolute atomic E-state index is 0.0826. The Morgan fingerprint density at radius 2 is 1.80 bits per heavy atom. The van der Waals surface area contributed by atoms with Gasteiger partial charge in [0, 0.05) is 17.5 Å². The Balaban J connectivity index is 2.52. The zero-order valence-electron chi connectivity index (χ0n) is 13.9. The van der Waals surface area contributed by atoms with E-state index in [9.17, 15) is 4.79 Å². The van der Waals surface area contributed by atoms with Crippen LogP contribution in [0.3, 0.4) is 0 Å². The van der Waals surface area contributed by atoms with Crippen LogP contribution in [0, 0.1) is 19.3 Å². The molecular weight excluding hydrogens is 252 g/mol. The van der Waals surface area contributed by atoms with E-state index in [1.54, 1.807) is 0 Å². The van der Waals surface area contributed by atoms with E-state index in [4.69, 9.17) is 4.52 Å². The van der Waals surface area contributed by atoms with Gasteiger partial charge in [-0.1, -0.05) is 25.9 Å². The average molecular weight is 280 g/mol. The van der Waals surface area contributed by atoms with Crippen molar-refractivity contribution < 1.29 is 9.32 Å². The zero-order valence-corrected chi connectivity index (χ0v) is 13.9. The third-order valence-corrected chi connectivity index (χ3v) is 3.23. The number of hydrogen-bond donors (Lipinski definition) is 1. The number of carbonyl (C=O) groups is 1. The first-order valence-electron chi connectivity index (χ1n) is 7.23. The van der Waals surface area contributed by atoms with Crippen molar-refractivity contribution in [2.24, 2.45) is 5.41 Å². The Labute approximate surface area is 122 Å². The molecule has 4 nitrogen and oxygen atoms in total. The number of aromatic nitrogens is 1. The third-order valence-electron chi connectivity index (χ3n) is 3.23. The maximum Gasteiger partial charge on any atom is 0.220 e. The van der Waals surface area contributed by atoms with Crippen LogP contribution >= 0.6 is 0 Å². The first-order valence-corrected chi connectivity index (χ1v) is 7.23. The number of nitrogens with zero attached hydrogens (tertiary/aromatic N) is 1. The summed E-state index contributed by atoms with van der Waals surface area (Å²) < 4.78 is 5.11. The molecule has 1 aromatic rings. The predicted molar refractivity (Wildman–Crippen MR) is 80.6 cm³/mol. The Kier molecular flexibility index (Phi) is 5.00. The topological polar surface area (TPSA) is 55.1 Å². The maximum absolute atomic E-state index is 12.1. The fourth-order valence-corrected chi connectivity index (χ4v) is 2.91. The van der Waals surface area contributed by atoms with E-state index in [-0.39, 0.29) is 16.9 Å². The standard InChI is InChI=1S/C16H28N2O2/c1-11-13(12(2)20-18-11)8-9-14(19)17-16(6,7)10-15(3,4)5/h8-10H2,1-7H3,(H,17,19). The molecule has 0 spiro atoms. The summed E-state index contributed by atoms with van der Waals surface area (Å²) in [6.45, 7) is 14.5. The first kappa shape index (κ1) is 16.7. The van der Waals surface area contributed by atoms with Crippen molar-refractivity contribution in [3.8, 4) is 0 Å². The van der Waals surface area contributed by atoms with Crippen LogP contribution in [-0.2, 0) is 11.2 Å². The molecule has 0 aliphatic heterocycles. The van der Waals surface area contributed by atoms with Crippen LogP contribution in [0.25, 0.3) is 0 Å². The van der Waals surface area contributed by atoms with Crippen molar-refractivity contribution in [2.45, 2.75) is 73.3 Å². The molecule has 20 heavy (non-hydrogen) atoms. The largest absolute Gasteiger partial charge is 0.361 e. The van der Waals surface area contributed by atoms with Crippen molar-refractivity contribution in [2.75, 3.05) is 0 Å². The number of amides is 1. The molecule has 0 aliphatic carbocycles. The fraction of sp³-hybridized carbons (Fsp3) is 0.750. The molecule has 0 aromatic carbocycles. The molecule has 1 rings (SSSR count). The van der Waals surface area contributed by atoms with E-state index >= 15 is 0 Å². The second-order valence-corrected chi connectivity index (χ2v) is 7.47. The lowest BCUT2D eigenvalue weighted by atomic mass is 9.81. The van der Waals surface area contributed by atoms with Gasteiger partial charge in [-0.25, -0.2) is 0 Å². The van der Waals surface area contributed by atoms with Crippen LogP contribution in [-0.4, -0.2) is 16.6 Å². The van der Waals surface area contributed by atoms with Gasteiger partial charge in [0.05, 0.1) is 5.69 Å². The normalized spacial score (nSPS) is 12.6. The van der Waals surface area contributed by atoms with E-state index in [0.29, 0.717) is 12.8 Å². The highest BCUT2D eigenvalue weighted by atomic mass is 16.5. The van der Waals surface area contributed by atoms with Crippen LogP contribution in [0.2, 0.25) is 0 Å². The van der Waals surface area contributed by atoms with Crippen molar-refractivity contribution in [1.82, 2.24) is 10.5 Å². The van der Waals surface area contributed by atoms with Crippen LogP contribution in [0.1, 0.15) is 64.5 Å². The molecule has 1 amide bonds. The van der Waals surface area contributed by atoms with Gasteiger partial charge < -0.3 is 9.84 Å². The predicted octanol–water partition coefficient (Wildman–Crippen LogP) is 3.56. The molecule has 0 radical (unpaired) electrons. The van der Waals surface area contributed by atoms with E-state index in [2.05, 4.69) is 45.1 Å². The quantitative estimate of drug-likeness (QED) is 0.897. The minimum Gasteiger partial charge on any atom is -0.361 e.